The van der Waals surface area contributed by atoms with Crippen LogP contribution in [0.2, 0.25) is 0 Å². The number of hydrogen-bond acceptors (Lipinski definition) is 5. The van der Waals surface area contributed by atoms with E-state index in [1.165, 1.54) is 4.31 Å². The Morgan fingerprint density at radius 2 is 1.05 bits per heavy atom. The molecule has 3 heterocycles. The molecule has 1 fully saturated rings. The number of carbonyl (C=O) groups is 2. The topological polar surface area (TPSA) is 98.8 Å². The van der Waals surface area contributed by atoms with Crippen molar-refractivity contribution in [1.82, 2.24) is 19.8 Å². The molecule has 0 saturated carbocycles. The van der Waals surface area contributed by atoms with E-state index >= 15 is 0 Å². The number of carbonyl (C=O) groups excluding carboxylic acids is 2. The maximum Gasteiger partial charge on any atom is 0.258 e. The van der Waals surface area contributed by atoms with Gasteiger partial charge in [-0.1, -0.05) is 66.7 Å². The van der Waals surface area contributed by atoms with Gasteiger partial charge in [-0.3, -0.25) is 9.59 Å². The van der Waals surface area contributed by atoms with Crippen molar-refractivity contribution in [2.45, 2.75) is 4.90 Å². The fourth-order valence-electron chi connectivity index (χ4n) is 5.05. The van der Waals surface area contributed by atoms with Crippen LogP contribution in [0.25, 0.3) is 22.5 Å². The van der Waals surface area contributed by atoms with Gasteiger partial charge in [-0.15, -0.1) is 0 Å². The molecule has 3 aliphatic heterocycles. The van der Waals surface area contributed by atoms with E-state index in [-0.39, 0.29) is 16.7 Å². The van der Waals surface area contributed by atoms with Crippen molar-refractivity contribution < 1.29 is 18.0 Å². The molecule has 3 aromatic carbocycles. The smallest absolute Gasteiger partial charge is 0.258 e. The van der Waals surface area contributed by atoms with Crippen molar-refractivity contribution in [2.75, 3.05) is 33.2 Å². The number of nitrogens with one attached hydrogen (secondary N) is 2. The van der Waals surface area contributed by atoms with Crippen molar-refractivity contribution in [3.8, 4) is 11.1 Å². The number of likely N-dealkylation sites (N-methyl/N-ethyl adjacent to an activating group) is 1. The van der Waals surface area contributed by atoms with Crippen LogP contribution in [0.3, 0.4) is 0 Å². The third-order valence-corrected chi connectivity index (χ3v) is 9.12. The molecule has 3 aliphatic rings. The number of hydrogen-bond donors (Lipinski definition) is 2. The number of sulfonamides is 1. The molecule has 192 valence electrons. The summed E-state index contributed by atoms with van der Waals surface area (Å²) in [6.45, 7) is 2.40. The van der Waals surface area contributed by atoms with Gasteiger partial charge in [-0.05, 0) is 41.4 Å². The van der Waals surface area contributed by atoms with Crippen molar-refractivity contribution in [1.29, 1.82) is 0 Å². The first-order valence-corrected chi connectivity index (χ1v) is 13.8. The van der Waals surface area contributed by atoms with Gasteiger partial charge in [0, 0.05) is 26.2 Å². The third kappa shape index (κ3) is 4.14. The maximum absolute atomic E-state index is 13.0. The molecular weight excluding hydrogens is 500 g/mol. The normalized spacial score (nSPS) is 18.6. The van der Waals surface area contributed by atoms with Crippen LogP contribution in [0, 0.1) is 0 Å². The minimum absolute atomic E-state index is 0.281. The minimum atomic E-state index is -3.53. The molecule has 0 unspecified atom stereocenters. The largest absolute Gasteiger partial charge is 0.321 e. The minimum Gasteiger partial charge on any atom is -0.321 e. The van der Waals surface area contributed by atoms with Crippen LogP contribution in [0.5, 0.6) is 0 Å². The van der Waals surface area contributed by atoms with Crippen LogP contribution < -0.4 is 10.6 Å². The Balaban J connectivity index is 1.26. The summed E-state index contributed by atoms with van der Waals surface area (Å²) in [5.74, 6) is -0.623. The van der Waals surface area contributed by atoms with Gasteiger partial charge in [0.25, 0.3) is 11.8 Å². The first-order valence-electron chi connectivity index (χ1n) is 12.4. The lowest BCUT2D eigenvalue weighted by atomic mass is 10.00. The number of nitrogens with zero attached hydrogens (tertiary/aromatic N) is 2. The second-order valence-electron chi connectivity index (χ2n) is 9.58. The molecular formula is C29H26N4O4S. The van der Waals surface area contributed by atoms with E-state index in [1.807, 2.05) is 61.6 Å². The molecule has 3 aromatic rings. The molecule has 9 heteroatoms. The van der Waals surface area contributed by atoms with Crippen molar-refractivity contribution in [3.05, 3.63) is 101 Å². The predicted molar refractivity (Wildman–Crippen MR) is 145 cm³/mol. The van der Waals surface area contributed by atoms with Gasteiger partial charge in [-0.2, -0.15) is 4.31 Å². The highest BCUT2D eigenvalue weighted by molar-refractivity contribution is 7.89. The molecule has 0 atom stereocenters. The number of rotatable bonds is 5. The maximum atomic E-state index is 13.0. The zero-order chi connectivity index (χ0) is 26.4. The lowest BCUT2D eigenvalue weighted by Crippen LogP contribution is -2.46. The first-order chi connectivity index (χ1) is 18.3. The second-order valence-corrected chi connectivity index (χ2v) is 11.5. The number of benzene rings is 3. The van der Waals surface area contributed by atoms with Gasteiger partial charge in [0.15, 0.2) is 0 Å². The molecule has 1 saturated heterocycles. The Kier molecular flexibility index (Phi) is 5.98. The van der Waals surface area contributed by atoms with Crippen LogP contribution in [0.4, 0.5) is 0 Å². The lowest BCUT2D eigenvalue weighted by molar-refractivity contribution is -0.117. The van der Waals surface area contributed by atoms with Crippen LogP contribution in [0.1, 0.15) is 11.1 Å². The lowest BCUT2D eigenvalue weighted by Gasteiger charge is -2.31. The highest BCUT2D eigenvalue weighted by Crippen LogP contribution is 2.37. The summed E-state index contributed by atoms with van der Waals surface area (Å²) in [5.41, 5.74) is 4.95. The Labute approximate surface area is 221 Å². The fraction of sp³-hybridized carbons (Fsp3) is 0.172. The average molecular weight is 527 g/mol. The van der Waals surface area contributed by atoms with Crippen LogP contribution >= 0.6 is 0 Å². The Bertz CT molecular complexity index is 1600. The fourth-order valence-corrected chi connectivity index (χ4v) is 6.47. The van der Waals surface area contributed by atoms with E-state index in [0.29, 0.717) is 41.2 Å². The molecule has 2 N–H and O–H groups in total. The summed E-state index contributed by atoms with van der Waals surface area (Å²) in [6.07, 6.45) is 0. The van der Waals surface area contributed by atoms with Crippen molar-refractivity contribution >= 4 is 33.2 Å². The SMILES string of the molecule is CN1CCN(S(=O)(=O)c2ccc(-c3ccc(C4=C5C(=O)NC(c6ccccc6)=C5C(=O)N4)cc3)cc2)CC1. The van der Waals surface area contributed by atoms with E-state index in [9.17, 15) is 18.0 Å². The number of amides is 2. The zero-order valence-corrected chi connectivity index (χ0v) is 21.6. The monoisotopic (exact) mass is 526 g/mol. The van der Waals surface area contributed by atoms with E-state index in [2.05, 4.69) is 15.5 Å². The highest BCUT2D eigenvalue weighted by atomic mass is 32.2. The quantitative estimate of drug-likeness (QED) is 0.533. The summed E-state index contributed by atoms with van der Waals surface area (Å²) in [5, 5.41) is 5.72. The van der Waals surface area contributed by atoms with Crippen LogP contribution in [0.15, 0.2) is 94.9 Å². The number of fused-ring (bicyclic) bond motifs is 1. The average Bonchev–Trinajstić information content (AvgIpc) is 3.47. The molecule has 2 amide bonds. The molecule has 0 aliphatic carbocycles. The molecule has 8 nitrogen and oxygen atoms in total. The summed E-state index contributed by atoms with van der Waals surface area (Å²) in [7, 11) is -1.54. The Morgan fingerprint density at radius 1 is 0.605 bits per heavy atom. The van der Waals surface area contributed by atoms with Crippen molar-refractivity contribution in [3.63, 3.8) is 0 Å². The van der Waals surface area contributed by atoms with Gasteiger partial charge in [0.05, 0.1) is 27.4 Å². The Morgan fingerprint density at radius 3 is 1.58 bits per heavy atom. The van der Waals surface area contributed by atoms with Gasteiger partial charge >= 0.3 is 0 Å². The molecule has 0 spiro atoms. The second kappa shape index (κ2) is 9.36. The summed E-state index contributed by atoms with van der Waals surface area (Å²) >= 11 is 0. The van der Waals surface area contributed by atoms with Gasteiger partial charge < -0.3 is 15.5 Å². The van der Waals surface area contributed by atoms with Gasteiger partial charge in [0.2, 0.25) is 10.0 Å². The molecule has 0 bridgehead atoms. The molecule has 0 aromatic heterocycles. The summed E-state index contributed by atoms with van der Waals surface area (Å²) < 4.78 is 27.6. The number of piperazine rings is 1. The van der Waals surface area contributed by atoms with Crippen molar-refractivity contribution in [2.24, 2.45) is 0 Å². The standard InChI is InChI=1S/C29H26N4O4S/c1-32-15-17-33(18-16-32)38(36,37)23-13-11-20(12-14-23)19-7-9-22(10-8-19)27-25-24(28(34)31-27)26(30-29(25)35)21-5-3-2-4-6-21/h2-14H,15-18H2,1H3,(H,30,35)(H,31,34). The highest BCUT2D eigenvalue weighted by Gasteiger charge is 2.40. The van der Waals surface area contributed by atoms with E-state index in [4.69, 9.17) is 0 Å². The van der Waals surface area contributed by atoms with E-state index in [1.54, 1.807) is 24.3 Å². The third-order valence-electron chi connectivity index (χ3n) is 7.20. The zero-order valence-electron chi connectivity index (χ0n) is 20.8. The molecule has 6 rings (SSSR count). The van der Waals surface area contributed by atoms with E-state index < -0.39 is 10.0 Å². The van der Waals surface area contributed by atoms with Gasteiger partial charge in [-0.25, -0.2) is 8.42 Å². The molecule has 38 heavy (non-hydrogen) atoms. The summed E-state index contributed by atoms with van der Waals surface area (Å²) in [4.78, 5) is 28.1. The van der Waals surface area contributed by atoms with Gasteiger partial charge in [0.1, 0.15) is 0 Å². The summed E-state index contributed by atoms with van der Waals surface area (Å²) in [6, 6.07) is 23.7. The van der Waals surface area contributed by atoms with E-state index in [0.717, 1.165) is 29.8 Å². The van der Waals surface area contributed by atoms with Crippen LogP contribution in [-0.4, -0.2) is 62.7 Å². The Hall–Kier alpha value is -4.05. The molecule has 0 radical (unpaired) electrons. The van der Waals surface area contributed by atoms with Crippen LogP contribution in [-0.2, 0) is 19.6 Å². The predicted octanol–water partition coefficient (Wildman–Crippen LogP) is 2.67. The first kappa shape index (κ1) is 24.3.